The third-order valence-corrected chi connectivity index (χ3v) is 3.10. The number of phenols is 1. The number of halogens is 2. The van der Waals surface area contributed by atoms with Crippen LogP contribution in [-0.2, 0) is 9.59 Å². The second-order valence-electron chi connectivity index (χ2n) is 3.93. The van der Waals surface area contributed by atoms with E-state index in [1.54, 1.807) is 0 Å². The van der Waals surface area contributed by atoms with Crippen LogP contribution in [0.15, 0.2) is 12.1 Å². The van der Waals surface area contributed by atoms with Gasteiger partial charge in [0.2, 0.25) is 11.8 Å². The van der Waals surface area contributed by atoms with Gasteiger partial charge in [-0.2, -0.15) is 0 Å². The maximum atomic E-state index is 11.8. The zero-order valence-corrected chi connectivity index (χ0v) is 10.7. The third kappa shape index (κ3) is 2.68. The number of phenolic OH excluding ortho intramolecular Hbond substituents is 1. The van der Waals surface area contributed by atoms with Gasteiger partial charge in [-0.25, -0.2) is 0 Å². The SMILES string of the molecule is O=C1CC[C@H](C(=O)Nc2cc(Cl)cc(Cl)c2O)N1. The smallest absolute Gasteiger partial charge is 0.247 e. The molecule has 96 valence electrons. The van der Waals surface area contributed by atoms with Crippen LogP contribution in [0.25, 0.3) is 0 Å². The van der Waals surface area contributed by atoms with Crippen molar-refractivity contribution in [2.24, 2.45) is 0 Å². The van der Waals surface area contributed by atoms with E-state index in [2.05, 4.69) is 10.6 Å². The number of anilines is 1. The Morgan fingerprint density at radius 1 is 1.44 bits per heavy atom. The fraction of sp³-hybridized carbons (Fsp3) is 0.273. The molecule has 1 aliphatic heterocycles. The van der Waals surface area contributed by atoms with Crippen LogP contribution in [0.4, 0.5) is 5.69 Å². The van der Waals surface area contributed by atoms with Crippen molar-refractivity contribution in [1.29, 1.82) is 0 Å². The lowest BCUT2D eigenvalue weighted by Crippen LogP contribution is -2.37. The summed E-state index contributed by atoms with van der Waals surface area (Å²) in [5, 5.41) is 15.0. The summed E-state index contributed by atoms with van der Waals surface area (Å²) in [6, 6.07) is 2.16. The number of hydrogen-bond acceptors (Lipinski definition) is 3. The van der Waals surface area contributed by atoms with Crippen molar-refractivity contribution in [3.8, 4) is 5.75 Å². The molecule has 2 amide bonds. The summed E-state index contributed by atoms with van der Waals surface area (Å²) in [6.45, 7) is 0. The molecule has 1 heterocycles. The number of benzene rings is 1. The second kappa shape index (κ2) is 5.04. The summed E-state index contributed by atoms with van der Waals surface area (Å²) in [7, 11) is 0. The molecular formula is C11H10Cl2N2O3. The number of hydrogen-bond donors (Lipinski definition) is 3. The first-order valence-corrected chi connectivity index (χ1v) is 6.01. The van der Waals surface area contributed by atoms with E-state index in [9.17, 15) is 14.7 Å². The van der Waals surface area contributed by atoms with Crippen molar-refractivity contribution >= 4 is 40.7 Å². The zero-order chi connectivity index (χ0) is 13.3. The van der Waals surface area contributed by atoms with Crippen LogP contribution >= 0.6 is 23.2 Å². The summed E-state index contributed by atoms with van der Waals surface area (Å²) in [5.74, 6) is -0.822. The molecule has 0 aromatic heterocycles. The van der Waals surface area contributed by atoms with Gasteiger partial charge in [0.05, 0.1) is 10.7 Å². The van der Waals surface area contributed by atoms with Crippen LogP contribution in [0.3, 0.4) is 0 Å². The van der Waals surface area contributed by atoms with E-state index in [4.69, 9.17) is 23.2 Å². The average molecular weight is 289 g/mol. The molecule has 0 radical (unpaired) electrons. The monoisotopic (exact) mass is 288 g/mol. The molecule has 1 saturated heterocycles. The summed E-state index contributed by atoms with van der Waals surface area (Å²) >= 11 is 11.5. The van der Waals surface area contributed by atoms with Gasteiger partial charge in [0, 0.05) is 11.4 Å². The van der Waals surface area contributed by atoms with E-state index in [0.717, 1.165) is 0 Å². The Kier molecular flexibility index (Phi) is 3.63. The number of rotatable bonds is 2. The molecule has 0 unspecified atom stereocenters. The quantitative estimate of drug-likeness (QED) is 0.728. The van der Waals surface area contributed by atoms with Crippen molar-refractivity contribution in [3.05, 3.63) is 22.2 Å². The Morgan fingerprint density at radius 2 is 2.17 bits per heavy atom. The minimum atomic E-state index is -0.588. The average Bonchev–Trinajstić information content (AvgIpc) is 2.72. The minimum Gasteiger partial charge on any atom is -0.504 e. The molecule has 1 aliphatic rings. The highest BCUT2D eigenvalue weighted by Crippen LogP contribution is 2.35. The number of carbonyl (C=O) groups excluding carboxylic acids is 2. The van der Waals surface area contributed by atoms with Gasteiger partial charge in [-0.1, -0.05) is 23.2 Å². The lowest BCUT2D eigenvalue weighted by Gasteiger charge is -2.13. The second-order valence-corrected chi connectivity index (χ2v) is 4.78. The van der Waals surface area contributed by atoms with E-state index in [1.165, 1.54) is 12.1 Å². The van der Waals surface area contributed by atoms with Crippen LogP contribution in [0.1, 0.15) is 12.8 Å². The number of carbonyl (C=O) groups is 2. The number of amides is 2. The molecule has 18 heavy (non-hydrogen) atoms. The standard InChI is InChI=1S/C11H10Cl2N2O3/c12-5-3-6(13)10(17)8(4-5)15-11(18)7-1-2-9(16)14-7/h3-4,7,17H,1-2H2,(H,14,16)(H,15,18)/t7-/m1/s1. The Morgan fingerprint density at radius 3 is 2.78 bits per heavy atom. The normalized spacial score (nSPS) is 18.6. The van der Waals surface area contributed by atoms with Gasteiger partial charge in [0.15, 0.2) is 5.75 Å². The van der Waals surface area contributed by atoms with Gasteiger partial charge < -0.3 is 15.7 Å². The van der Waals surface area contributed by atoms with Crippen molar-refractivity contribution in [2.45, 2.75) is 18.9 Å². The summed E-state index contributed by atoms with van der Waals surface area (Å²) < 4.78 is 0. The lowest BCUT2D eigenvalue weighted by atomic mass is 10.2. The highest BCUT2D eigenvalue weighted by molar-refractivity contribution is 6.36. The maximum Gasteiger partial charge on any atom is 0.247 e. The number of aromatic hydroxyl groups is 1. The predicted molar refractivity (Wildman–Crippen MR) is 67.9 cm³/mol. The van der Waals surface area contributed by atoms with E-state index >= 15 is 0 Å². The van der Waals surface area contributed by atoms with Crippen LogP contribution in [0.5, 0.6) is 5.75 Å². The summed E-state index contributed by atoms with van der Waals surface area (Å²) in [5.41, 5.74) is 0.124. The minimum absolute atomic E-state index is 0.0493. The van der Waals surface area contributed by atoms with Gasteiger partial charge in [-0.3, -0.25) is 9.59 Å². The van der Waals surface area contributed by atoms with E-state index in [1.807, 2.05) is 0 Å². The number of nitrogens with one attached hydrogen (secondary N) is 2. The maximum absolute atomic E-state index is 11.8. The Hall–Kier alpha value is -1.46. The molecular weight excluding hydrogens is 279 g/mol. The molecule has 3 N–H and O–H groups in total. The molecule has 0 aliphatic carbocycles. The van der Waals surface area contributed by atoms with E-state index in [0.29, 0.717) is 17.9 Å². The predicted octanol–water partition coefficient (Wildman–Crippen LogP) is 1.92. The van der Waals surface area contributed by atoms with Gasteiger partial charge >= 0.3 is 0 Å². The fourth-order valence-corrected chi connectivity index (χ4v) is 2.19. The van der Waals surface area contributed by atoms with Crippen molar-refractivity contribution in [1.82, 2.24) is 5.32 Å². The Labute approximate surface area is 113 Å². The molecule has 1 aromatic carbocycles. The van der Waals surface area contributed by atoms with Gasteiger partial charge in [0.1, 0.15) is 6.04 Å². The molecule has 1 atom stereocenters. The summed E-state index contributed by atoms with van der Waals surface area (Å²) in [6.07, 6.45) is 0.750. The Balaban J connectivity index is 2.14. The third-order valence-electron chi connectivity index (χ3n) is 2.60. The first kappa shape index (κ1) is 13.0. The molecule has 0 saturated carbocycles. The van der Waals surface area contributed by atoms with Gasteiger partial charge in [-0.05, 0) is 18.6 Å². The highest BCUT2D eigenvalue weighted by Gasteiger charge is 2.27. The molecule has 0 bridgehead atoms. The first-order valence-electron chi connectivity index (χ1n) is 5.25. The van der Waals surface area contributed by atoms with E-state index < -0.39 is 11.9 Å². The van der Waals surface area contributed by atoms with Crippen LogP contribution in [0, 0.1) is 0 Å². The molecule has 1 aromatic rings. The van der Waals surface area contributed by atoms with E-state index in [-0.39, 0.29) is 22.4 Å². The molecule has 1 fully saturated rings. The Bertz CT molecular complexity index is 519. The van der Waals surface area contributed by atoms with Crippen molar-refractivity contribution in [2.75, 3.05) is 5.32 Å². The topological polar surface area (TPSA) is 78.4 Å². The largest absolute Gasteiger partial charge is 0.504 e. The summed E-state index contributed by atoms with van der Waals surface area (Å²) in [4.78, 5) is 22.8. The van der Waals surface area contributed by atoms with Crippen LogP contribution in [-0.4, -0.2) is 23.0 Å². The molecule has 0 spiro atoms. The molecule has 2 rings (SSSR count). The van der Waals surface area contributed by atoms with Crippen molar-refractivity contribution in [3.63, 3.8) is 0 Å². The van der Waals surface area contributed by atoms with Gasteiger partial charge in [0.25, 0.3) is 0 Å². The zero-order valence-electron chi connectivity index (χ0n) is 9.17. The van der Waals surface area contributed by atoms with Crippen LogP contribution < -0.4 is 10.6 Å². The van der Waals surface area contributed by atoms with Crippen LogP contribution in [0.2, 0.25) is 10.0 Å². The molecule has 7 heteroatoms. The molecule has 5 nitrogen and oxygen atoms in total. The fourth-order valence-electron chi connectivity index (χ4n) is 1.69. The first-order chi connectivity index (χ1) is 8.47. The van der Waals surface area contributed by atoms with Gasteiger partial charge in [-0.15, -0.1) is 0 Å². The highest BCUT2D eigenvalue weighted by atomic mass is 35.5. The van der Waals surface area contributed by atoms with Crippen molar-refractivity contribution < 1.29 is 14.7 Å². The lowest BCUT2D eigenvalue weighted by molar-refractivity contribution is -0.122.